The number of carbonyl (C=O) groups excluding carboxylic acids is 1. The van der Waals surface area contributed by atoms with Crippen LogP contribution in [0.2, 0.25) is 0 Å². The van der Waals surface area contributed by atoms with Crippen LogP contribution in [-0.2, 0) is 11.2 Å². The van der Waals surface area contributed by atoms with E-state index < -0.39 is 0 Å². The number of nitrogens with one attached hydrogen (secondary N) is 1. The van der Waals surface area contributed by atoms with E-state index in [1.54, 1.807) is 11.3 Å². The molecule has 25 heavy (non-hydrogen) atoms. The minimum atomic E-state index is -0.0200. The number of amides is 1. The zero-order valence-corrected chi connectivity index (χ0v) is 14.3. The molecule has 0 unspecified atom stereocenters. The Balaban J connectivity index is 1.61. The maximum absolute atomic E-state index is 12.4. The first-order valence-corrected chi connectivity index (χ1v) is 8.90. The number of rotatable bonds is 4. The van der Waals surface area contributed by atoms with Crippen LogP contribution in [0.3, 0.4) is 0 Å². The molecule has 0 bridgehead atoms. The van der Waals surface area contributed by atoms with E-state index in [1.165, 1.54) is 0 Å². The van der Waals surface area contributed by atoms with E-state index in [4.69, 9.17) is 4.98 Å². The lowest BCUT2D eigenvalue weighted by molar-refractivity contribution is -0.115. The number of hydrogen-bond acceptors (Lipinski definition) is 3. The third kappa shape index (κ3) is 3.44. The van der Waals surface area contributed by atoms with Crippen molar-refractivity contribution in [3.63, 3.8) is 0 Å². The normalized spacial score (nSPS) is 10.7. The molecule has 0 atom stereocenters. The second kappa shape index (κ2) is 6.87. The molecule has 0 spiro atoms. The zero-order chi connectivity index (χ0) is 17.1. The predicted octanol–water partition coefficient (Wildman–Crippen LogP) is 5.14. The molecule has 4 aromatic rings. The molecular formula is C21H16N2OS. The lowest BCUT2D eigenvalue weighted by Gasteiger charge is -2.06. The molecule has 1 N–H and O–H groups in total. The molecule has 0 aliphatic rings. The van der Waals surface area contributed by atoms with Crippen LogP contribution in [-0.4, -0.2) is 10.9 Å². The van der Waals surface area contributed by atoms with Crippen molar-refractivity contribution in [2.45, 2.75) is 6.42 Å². The number of anilines is 1. The van der Waals surface area contributed by atoms with Gasteiger partial charge in [-0.3, -0.25) is 4.79 Å². The molecule has 122 valence electrons. The maximum atomic E-state index is 12.4. The Morgan fingerprint density at radius 3 is 2.36 bits per heavy atom. The third-order valence-corrected chi connectivity index (χ3v) is 5.07. The summed E-state index contributed by atoms with van der Waals surface area (Å²) in [6, 6.07) is 25.7. The number of aromatic nitrogens is 1. The van der Waals surface area contributed by atoms with E-state index in [0.717, 1.165) is 32.0 Å². The van der Waals surface area contributed by atoms with Crippen molar-refractivity contribution in [3.8, 4) is 10.6 Å². The molecule has 0 aliphatic heterocycles. The van der Waals surface area contributed by atoms with Gasteiger partial charge >= 0.3 is 0 Å². The Morgan fingerprint density at radius 2 is 1.60 bits per heavy atom. The van der Waals surface area contributed by atoms with Crippen molar-refractivity contribution < 1.29 is 4.79 Å². The van der Waals surface area contributed by atoms with Crippen molar-refractivity contribution in [2.24, 2.45) is 0 Å². The summed E-state index contributed by atoms with van der Waals surface area (Å²) in [6.45, 7) is 0. The summed E-state index contributed by atoms with van der Waals surface area (Å²) in [5.41, 5.74) is 3.81. The van der Waals surface area contributed by atoms with Crippen molar-refractivity contribution in [2.75, 3.05) is 5.32 Å². The van der Waals surface area contributed by atoms with Crippen molar-refractivity contribution in [1.82, 2.24) is 4.98 Å². The highest BCUT2D eigenvalue weighted by Crippen LogP contribution is 2.34. The summed E-state index contributed by atoms with van der Waals surface area (Å²) >= 11 is 1.60. The molecule has 4 heteroatoms. The lowest BCUT2D eigenvalue weighted by Crippen LogP contribution is -2.14. The van der Waals surface area contributed by atoms with E-state index in [2.05, 4.69) is 5.32 Å². The van der Waals surface area contributed by atoms with Gasteiger partial charge in [-0.15, -0.1) is 11.3 Å². The fourth-order valence-corrected chi connectivity index (χ4v) is 3.77. The number of fused-ring (bicyclic) bond motifs is 1. The molecule has 1 heterocycles. The zero-order valence-electron chi connectivity index (χ0n) is 13.5. The molecule has 0 saturated carbocycles. The Morgan fingerprint density at radius 1 is 0.880 bits per heavy atom. The Labute approximate surface area is 150 Å². The molecule has 3 nitrogen and oxygen atoms in total. The van der Waals surface area contributed by atoms with Gasteiger partial charge in [0.2, 0.25) is 5.91 Å². The van der Waals surface area contributed by atoms with E-state index in [0.29, 0.717) is 6.42 Å². The van der Waals surface area contributed by atoms with Crippen LogP contribution in [0.15, 0.2) is 78.9 Å². The van der Waals surface area contributed by atoms with Gasteiger partial charge in [-0.2, -0.15) is 0 Å². The summed E-state index contributed by atoms with van der Waals surface area (Å²) in [6.07, 6.45) is 0.363. The molecule has 0 saturated heterocycles. The van der Waals surface area contributed by atoms with Gasteiger partial charge in [-0.05, 0) is 17.7 Å². The minimum absolute atomic E-state index is 0.0200. The summed E-state index contributed by atoms with van der Waals surface area (Å²) < 4.78 is 1.00. The van der Waals surface area contributed by atoms with Gasteiger partial charge in [0, 0.05) is 5.56 Å². The Kier molecular flexibility index (Phi) is 4.27. The predicted molar refractivity (Wildman–Crippen MR) is 104 cm³/mol. The van der Waals surface area contributed by atoms with Crippen LogP contribution in [0.4, 0.5) is 5.69 Å². The molecule has 1 amide bonds. The first-order valence-electron chi connectivity index (χ1n) is 8.08. The standard InChI is InChI=1S/C21H16N2OS/c24-19(14-15-8-3-1-4-9-15)22-17-12-7-13-18-20(17)25-21(23-18)16-10-5-2-6-11-16/h1-13H,14H2,(H,22,24). The molecule has 4 rings (SSSR count). The number of carbonyl (C=O) groups is 1. The second-order valence-electron chi connectivity index (χ2n) is 5.75. The average Bonchev–Trinajstić information content (AvgIpc) is 3.09. The fraction of sp³-hybridized carbons (Fsp3) is 0.0476. The van der Waals surface area contributed by atoms with Gasteiger partial charge < -0.3 is 5.32 Å². The van der Waals surface area contributed by atoms with Crippen molar-refractivity contribution in [1.29, 1.82) is 0 Å². The maximum Gasteiger partial charge on any atom is 0.228 e. The molecule has 1 aromatic heterocycles. The van der Waals surface area contributed by atoms with E-state index in [-0.39, 0.29) is 5.91 Å². The third-order valence-electron chi connectivity index (χ3n) is 3.92. The van der Waals surface area contributed by atoms with Crippen LogP contribution in [0.5, 0.6) is 0 Å². The van der Waals surface area contributed by atoms with E-state index >= 15 is 0 Å². The largest absolute Gasteiger partial charge is 0.324 e. The molecule has 0 fully saturated rings. The van der Waals surface area contributed by atoms with Gasteiger partial charge in [0.1, 0.15) is 5.01 Å². The van der Waals surface area contributed by atoms with Gasteiger partial charge in [0.25, 0.3) is 0 Å². The van der Waals surface area contributed by atoms with Crippen molar-refractivity contribution >= 4 is 33.1 Å². The highest BCUT2D eigenvalue weighted by molar-refractivity contribution is 7.22. The number of nitrogens with zero attached hydrogens (tertiary/aromatic N) is 1. The van der Waals surface area contributed by atoms with Gasteiger partial charge in [-0.25, -0.2) is 4.98 Å². The van der Waals surface area contributed by atoms with Crippen LogP contribution < -0.4 is 5.32 Å². The van der Waals surface area contributed by atoms with Crippen LogP contribution in [0.1, 0.15) is 5.56 Å². The average molecular weight is 344 g/mol. The molecular weight excluding hydrogens is 328 g/mol. The minimum Gasteiger partial charge on any atom is -0.324 e. The van der Waals surface area contributed by atoms with Gasteiger partial charge in [0.05, 0.1) is 22.3 Å². The van der Waals surface area contributed by atoms with Crippen molar-refractivity contribution in [3.05, 3.63) is 84.4 Å². The summed E-state index contributed by atoms with van der Waals surface area (Å²) in [5, 5.41) is 3.99. The first-order chi connectivity index (χ1) is 12.3. The molecule has 0 aliphatic carbocycles. The highest BCUT2D eigenvalue weighted by atomic mass is 32.1. The smallest absolute Gasteiger partial charge is 0.228 e. The van der Waals surface area contributed by atoms with Gasteiger partial charge in [-0.1, -0.05) is 66.7 Å². The van der Waals surface area contributed by atoms with Crippen LogP contribution in [0, 0.1) is 0 Å². The summed E-state index contributed by atoms with van der Waals surface area (Å²) in [7, 11) is 0. The van der Waals surface area contributed by atoms with E-state index in [9.17, 15) is 4.79 Å². The number of benzene rings is 3. The number of hydrogen-bond donors (Lipinski definition) is 1. The Hall–Kier alpha value is -2.98. The first kappa shape index (κ1) is 15.5. The fourth-order valence-electron chi connectivity index (χ4n) is 2.73. The molecule has 0 radical (unpaired) electrons. The molecule has 3 aromatic carbocycles. The number of thiazole rings is 1. The van der Waals surface area contributed by atoms with E-state index in [1.807, 2.05) is 78.9 Å². The second-order valence-corrected chi connectivity index (χ2v) is 6.75. The topological polar surface area (TPSA) is 42.0 Å². The lowest BCUT2D eigenvalue weighted by atomic mass is 10.1. The highest BCUT2D eigenvalue weighted by Gasteiger charge is 2.11. The summed E-state index contributed by atoms with van der Waals surface area (Å²) in [5.74, 6) is -0.0200. The monoisotopic (exact) mass is 344 g/mol. The quantitative estimate of drug-likeness (QED) is 0.557. The van der Waals surface area contributed by atoms with Crippen LogP contribution in [0.25, 0.3) is 20.8 Å². The summed E-state index contributed by atoms with van der Waals surface area (Å²) in [4.78, 5) is 17.1. The SMILES string of the molecule is O=C(Cc1ccccc1)Nc1cccc2nc(-c3ccccc3)sc12. The van der Waals surface area contributed by atoms with Gasteiger partial charge in [0.15, 0.2) is 0 Å². The van der Waals surface area contributed by atoms with Crippen LogP contribution >= 0.6 is 11.3 Å². The Bertz CT molecular complexity index is 1010.